The fourth-order valence-electron chi connectivity index (χ4n) is 0.0504. The summed E-state index contributed by atoms with van der Waals surface area (Å²) in [7, 11) is 0. The first kappa shape index (κ1) is 4.94. The van der Waals surface area contributed by atoms with Crippen LogP contribution in [0.4, 0.5) is 4.79 Å². The molecule has 0 saturated heterocycles. The highest BCUT2D eigenvalue weighted by atomic mass is 16.4. The third-order valence-electron chi connectivity index (χ3n) is 0.182. The molecule has 0 atom stereocenters. The van der Waals surface area contributed by atoms with Crippen molar-refractivity contribution in [2.75, 3.05) is 0 Å². The summed E-state index contributed by atoms with van der Waals surface area (Å²) in [4.78, 5) is 18.4. The Morgan fingerprint density at radius 3 is 2.33 bits per heavy atom. The number of carbonyl (C=O) groups is 2. The average Bonchev–Trinajstić information content (AvgIpc) is 1.35. The lowest BCUT2D eigenvalue weighted by Gasteiger charge is -1.77. The molecule has 0 aromatic carbocycles. The molecule has 2 amide bonds. The van der Waals surface area contributed by atoms with E-state index in [9.17, 15) is 4.79 Å². The van der Waals surface area contributed by atoms with Crippen molar-refractivity contribution in [2.24, 2.45) is 0 Å². The smallest absolute Gasteiger partial charge is 0.411 e. The van der Waals surface area contributed by atoms with Crippen LogP contribution in [-0.2, 0) is 4.79 Å². The van der Waals surface area contributed by atoms with Crippen LogP contribution in [0, 0.1) is 0 Å². The average molecular weight is 89.0 g/mol. The van der Waals surface area contributed by atoms with Crippen LogP contribution < -0.4 is 5.32 Å². The molecular weight excluding hydrogens is 86.0 g/mol. The van der Waals surface area contributed by atoms with Crippen LogP contribution in [0.1, 0.15) is 0 Å². The Labute approximate surface area is 33.8 Å². The Kier molecular flexibility index (Phi) is 1.81. The number of carboxylic acid groups (broad SMARTS) is 1. The standard InChI is InChI=1S/C2H3NO3/c4-1-3-2(5)6/h1H,(H,3,4)(H,5,6). The molecule has 0 aliphatic carbocycles. The third kappa shape index (κ3) is 2.94. The maximum Gasteiger partial charge on any atom is 0.411 e. The van der Waals surface area contributed by atoms with Gasteiger partial charge in [-0.15, -0.1) is 0 Å². The van der Waals surface area contributed by atoms with Crippen molar-refractivity contribution in [2.45, 2.75) is 0 Å². The molecule has 34 valence electrons. The van der Waals surface area contributed by atoms with E-state index in [-0.39, 0.29) is 6.41 Å². The number of hydrogen-bond donors (Lipinski definition) is 2. The number of rotatable bonds is 1. The molecule has 0 heterocycles. The van der Waals surface area contributed by atoms with E-state index in [1.165, 1.54) is 5.32 Å². The van der Waals surface area contributed by atoms with Crippen LogP contribution in [0.5, 0.6) is 0 Å². The summed E-state index contributed by atoms with van der Waals surface area (Å²) in [5.74, 6) is 0. The van der Waals surface area contributed by atoms with Crippen LogP contribution in [0.3, 0.4) is 0 Å². The predicted octanol–water partition coefficient (Wildman–Crippen LogP) is -0.590. The van der Waals surface area contributed by atoms with E-state index in [0.29, 0.717) is 0 Å². The van der Waals surface area contributed by atoms with Gasteiger partial charge in [-0.2, -0.15) is 0 Å². The molecule has 0 spiro atoms. The summed E-state index contributed by atoms with van der Waals surface area (Å²) < 4.78 is 0. The molecule has 0 aliphatic heterocycles. The van der Waals surface area contributed by atoms with Crippen LogP contribution in [0.25, 0.3) is 0 Å². The second kappa shape index (κ2) is 2.19. The van der Waals surface area contributed by atoms with E-state index in [1.807, 2.05) is 0 Å². The van der Waals surface area contributed by atoms with Crippen LogP contribution in [0.2, 0.25) is 0 Å². The van der Waals surface area contributed by atoms with Gasteiger partial charge in [0.2, 0.25) is 6.41 Å². The summed E-state index contributed by atoms with van der Waals surface area (Å²) in [5.41, 5.74) is 0. The normalized spacial score (nSPS) is 6.67. The topological polar surface area (TPSA) is 66.4 Å². The minimum Gasteiger partial charge on any atom is -0.465 e. The van der Waals surface area contributed by atoms with Crippen molar-refractivity contribution in [3.05, 3.63) is 0 Å². The van der Waals surface area contributed by atoms with E-state index in [1.54, 1.807) is 0 Å². The monoisotopic (exact) mass is 89.0 g/mol. The van der Waals surface area contributed by atoms with Crippen molar-refractivity contribution >= 4 is 12.5 Å². The highest BCUT2D eigenvalue weighted by Gasteiger charge is 1.83. The third-order valence-corrected chi connectivity index (χ3v) is 0.182. The van der Waals surface area contributed by atoms with Gasteiger partial charge in [0.25, 0.3) is 0 Å². The molecule has 0 saturated carbocycles. The van der Waals surface area contributed by atoms with E-state index < -0.39 is 6.09 Å². The lowest BCUT2D eigenvalue weighted by molar-refractivity contribution is -0.108. The van der Waals surface area contributed by atoms with Crippen LogP contribution >= 0.6 is 0 Å². The fraction of sp³-hybridized carbons (Fsp3) is 0. The quantitative estimate of drug-likeness (QED) is 0.422. The fourth-order valence-corrected chi connectivity index (χ4v) is 0.0504. The van der Waals surface area contributed by atoms with E-state index in [4.69, 9.17) is 9.90 Å². The molecular formula is C2H3NO3. The van der Waals surface area contributed by atoms with Gasteiger partial charge >= 0.3 is 6.09 Å². The maximum absolute atomic E-state index is 9.26. The van der Waals surface area contributed by atoms with Gasteiger partial charge in [0.15, 0.2) is 0 Å². The van der Waals surface area contributed by atoms with Gasteiger partial charge in [0, 0.05) is 0 Å². The van der Waals surface area contributed by atoms with Crippen molar-refractivity contribution in [3.8, 4) is 0 Å². The molecule has 6 heavy (non-hydrogen) atoms. The summed E-state index contributed by atoms with van der Waals surface area (Å²) in [6, 6.07) is 0. The van der Waals surface area contributed by atoms with Gasteiger partial charge in [-0.3, -0.25) is 10.1 Å². The molecule has 4 nitrogen and oxygen atoms in total. The SMILES string of the molecule is O=CNC(=O)O. The largest absolute Gasteiger partial charge is 0.465 e. The Balaban J connectivity index is 3.05. The molecule has 2 N–H and O–H groups in total. The Morgan fingerprint density at radius 1 is 1.83 bits per heavy atom. The molecule has 0 radical (unpaired) electrons. The number of nitrogens with one attached hydrogen (secondary N) is 1. The highest BCUT2D eigenvalue weighted by molar-refractivity contribution is 5.77. The molecule has 0 rings (SSSR count). The minimum absolute atomic E-state index is 0.0995. The first-order chi connectivity index (χ1) is 2.77. The van der Waals surface area contributed by atoms with Gasteiger partial charge in [-0.25, -0.2) is 4.79 Å². The Hall–Kier alpha value is -1.06. The lowest BCUT2D eigenvalue weighted by atomic mass is 11.1. The molecule has 0 unspecified atom stereocenters. The lowest BCUT2D eigenvalue weighted by Crippen LogP contribution is -2.17. The van der Waals surface area contributed by atoms with Crippen molar-refractivity contribution < 1.29 is 14.7 Å². The minimum atomic E-state index is -1.33. The molecule has 0 aromatic rings. The molecule has 0 bridgehead atoms. The molecule has 0 aliphatic rings. The second-order valence-electron chi connectivity index (χ2n) is 0.567. The van der Waals surface area contributed by atoms with E-state index in [0.717, 1.165) is 0 Å². The van der Waals surface area contributed by atoms with Crippen molar-refractivity contribution in [1.82, 2.24) is 5.32 Å². The first-order valence-corrected chi connectivity index (χ1v) is 1.20. The predicted molar refractivity (Wildman–Crippen MR) is 17.2 cm³/mol. The van der Waals surface area contributed by atoms with Crippen molar-refractivity contribution in [3.63, 3.8) is 0 Å². The first-order valence-electron chi connectivity index (χ1n) is 1.20. The Bertz CT molecular complexity index is 69.2. The van der Waals surface area contributed by atoms with Gasteiger partial charge in [-0.05, 0) is 0 Å². The van der Waals surface area contributed by atoms with E-state index >= 15 is 0 Å². The number of imide groups is 1. The van der Waals surface area contributed by atoms with Gasteiger partial charge < -0.3 is 5.11 Å². The highest BCUT2D eigenvalue weighted by Crippen LogP contribution is 1.47. The maximum atomic E-state index is 9.26. The zero-order valence-electron chi connectivity index (χ0n) is 2.84. The number of amides is 2. The van der Waals surface area contributed by atoms with Gasteiger partial charge in [0.05, 0.1) is 0 Å². The van der Waals surface area contributed by atoms with Crippen LogP contribution in [0.15, 0.2) is 0 Å². The number of hydrogen-bond acceptors (Lipinski definition) is 2. The molecule has 0 fully saturated rings. The van der Waals surface area contributed by atoms with Crippen LogP contribution in [-0.4, -0.2) is 17.6 Å². The summed E-state index contributed by atoms with van der Waals surface area (Å²) in [6.45, 7) is 0. The summed E-state index contributed by atoms with van der Waals surface area (Å²) >= 11 is 0. The zero-order valence-corrected chi connectivity index (χ0v) is 2.84. The van der Waals surface area contributed by atoms with Gasteiger partial charge in [0.1, 0.15) is 0 Å². The summed E-state index contributed by atoms with van der Waals surface area (Å²) in [6.07, 6.45) is -1.23. The second-order valence-corrected chi connectivity index (χ2v) is 0.567. The Morgan fingerprint density at radius 2 is 2.33 bits per heavy atom. The molecule has 0 aromatic heterocycles. The van der Waals surface area contributed by atoms with Crippen molar-refractivity contribution in [1.29, 1.82) is 0 Å². The van der Waals surface area contributed by atoms with Gasteiger partial charge in [-0.1, -0.05) is 0 Å². The molecule has 4 heteroatoms. The summed E-state index contributed by atoms with van der Waals surface area (Å²) in [5, 5.41) is 9.02. The zero-order chi connectivity index (χ0) is 4.99. The number of carbonyl (C=O) groups excluding carboxylic acids is 1. The van der Waals surface area contributed by atoms with E-state index in [2.05, 4.69) is 0 Å².